The van der Waals surface area contributed by atoms with Gasteiger partial charge in [-0.25, -0.2) is 4.98 Å². The summed E-state index contributed by atoms with van der Waals surface area (Å²) in [4.78, 5) is 16.1. The van der Waals surface area contributed by atoms with Crippen molar-refractivity contribution in [2.75, 3.05) is 18.9 Å². The Bertz CT molecular complexity index is 615. The first kappa shape index (κ1) is 11.0. The van der Waals surface area contributed by atoms with Gasteiger partial charge in [-0.05, 0) is 23.8 Å². The number of hydrogen-bond acceptors (Lipinski definition) is 4. The molecule has 0 radical (unpaired) electrons. The lowest BCUT2D eigenvalue weighted by molar-refractivity contribution is 0.00829. The van der Waals surface area contributed by atoms with Crippen molar-refractivity contribution in [1.29, 1.82) is 0 Å². The zero-order chi connectivity index (χ0) is 12.5. The van der Waals surface area contributed by atoms with Crippen LogP contribution < -0.4 is 11.3 Å². The van der Waals surface area contributed by atoms with Crippen LogP contribution in [0.1, 0.15) is 11.5 Å². The Kier molecular flexibility index (Phi) is 2.60. The van der Waals surface area contributed by atoms with Gasteiger partial charge in [-0.1, -0.05) is 6.07 Å². The van der Waals surface area contributed by atoms with E-state index in [2.05, 4.69) is 4.98 Å². The second-order valence-corrected chi connectivity index (χ2v) is 4.32. The van der Waals surface area contributed by atoms with Crippen molar-refractivity contribution in [1.82, 2.24) is 9.55 Å². The van der Waals surface area contributed by atoms with Crippen molar-refractivity contribution in [2.45, 2.75) is 5.92 Å². The molecular formula is C13H13N3O2. The van der Waals surface area contributed by atoms with Crippen LogP contribution in [0.3, 0.4) is 0 Å². The maximum absolute atomic E-state index is 11.8. The van der Waals surface area contributed by atoms with Crippen LogP contribution in [0.25, 0.3) is 5.82 Å². The van der Waals surface area contributed by atoms with Crippen LogP contribution in [0.4, 0.5) is 5.69 Å². The Balaban J connectivity index is 1.97. The van der Waals surface area contributed by atoms with Crippen LogP contribution in [-0.4, -0.2) is 22.8 Å². The van der Waals surface area contributed by atoms with Crippen LogP contribution in [0.2, 0.25) is 0 Å². The molecule has 2 aromatic rings. The Morgan fingerprint density at radius 1 is 1.33 bits per heavy atom. The Morgan fingerprint density at radius 3 is 2.78 bits per heavy atom. The van der Waals surface area contributed by atoms with E-state index in [0.717, 1.165) is 18.8 Å². The summed E-state index contributed by atoms with van der Waals surface area (Å²) in [6, 6.07) is 7.12. The van der Waals surface area contributed by atoms with Crippen molar-refractivity contribution in [3.63, 3.8) is 0 Å². The van der Waals surface area contributed by atoms with Gasteiger partial charge in [0.1, 0.15) is 5.82 Å². The monoisotopic (exact) mass is 243 g/mol. The molecule has 0 amide bonds. The van der Waals surface area contributed by atoms with E-state index in [-0.39, 0.29) is 11.2 Å². The second kappa shape index (κ2) is 4.27. The predicted molar refractivity (Wildman–Crippen MR) is 67.8 cm³/mol. The molecule has 3 heterocycles. The molecule has 0 aliphatic carbocycles. The highest BCUT2D eigenvalue weighted by Gasteiger charge is 2.20. The van der Waals surface area contributed by atoms with Crippen LogP contribution >= 0.6 is 0 Å². The number of anilines is 1. The van der Waals surface area contributed by atoms with Crippen LogP contribution in [0.5, 0.6) is 0 Å². The molecule has 5 heteroatoms. The SMILES string of the molecule is Nc1cccn(-c2ccc(C3COC3)cn2)c1=O. The summed E-state index contributed by atoms with van der Waals surface area (Å²) in [6.45, 7) is 1.50. The lowest BCUT2D eigenvalue weighted by Gasteiger charge is -2.26. The molecule has 0 atom stereocenters. The molecule has 18 heavy (non-hydrogen) atoms. The minimum Gasteiger partial charge on any atom is -0.394 e. The fraction of sp³-hybridized carbons (Fsp3) is 0.231. The molecule has 1 saturated heterocycles. The zero-order valence-electron chi connectivity index (χ0n) is 9.74. The molecule has 0 aromatic carbocycles. The molecule has 2 aromatic heterocycles. The van der Waals surface area contributed by atoms with E-state index in [1.165, 1.54) is 4.57 Å². The molecule has 0 bridgehead atoms. The van der Waals surface area contributed by atoms with Gasteiger partial charge in [0.2, 0.25) is 0 Å². The number of pyridine rings is 2. The van der Waals surface area contributed by atoms with Gasteiger partial charge >= 0.3 is 0 Å². The molecule has 1 aliphatic rings. The van der Waals surface area contributed by atoms with Crippen molar-refractivity contribution >= 4 is 5.69 Å². The number of hydrogen-bond donors (Lipinski definition) is 1. The first-order chi connectivity index (χ1) is 8.75. The van der Waals surface area contributed by atoms with E-state index >= 15 is 0 Å². The summed E-state index contributed by atoms with van der Waals surface area (Å²) in [5.74, 6) is 1.01. The predicted octanol–water partition coefficient (Wildman–Crippen LogP) is 0.929. The van der Waals surface area contributed by atoms with Crippen LogP contribution in [0, 0.1) is 0 Å². The van der Waals surface area contributed by atoms with Crippen LogP contribution in [-0.2, 0) is 4.74 Å². The maximum atomic E-state index is 11.8. The summed E-state index contributed by atoms with van der Waals surface area (Å²) < 4.78 is 6.58. The molecule has 0 spiro atoms. The first-order valence-corrected chi connectivity index (χ1v) is 5.77. The minimum atomic E-state index is -0.246. The molecule has 5 nitrogen and oxygen atoms in total. The molecule has 0 unspecified atom stereocenters. The van der Waals surface area contributed by atoms with Crippen molar-refractivity contribution < 1.29 is 4.74 Å². The van der Waals surface area contributed by atoms with Gasteiger partial charge in [-0.15, -0.1) is 0 Å². The first-order valence-electron chi connectivity index (χ1n) is 5.77. The summed E-state index contributed by atoms with van der Waals surface area (Å²) in [6.07, 6.45) is 3.45. The molecular weight excluding hydrogens is 230 g/mol. The van der Waals surface area contributed by atoms with Gasteiger partial charge in [0, 0.05) is 18.3 Å². The molecule has 0 saturated carbocycles. The smallest absolute Gasteiger partial charge is 0.279 e. The maximum Gasteiger partial charge on any atom is 0.279 e. The number of rotatable bonds is 2. The normalized spacial score (nSPS) is 15.3. The van der Waals surface area contributed by atoms with Gasteiger partial charge < -0.3 is 10.5 Å². The number of nitrogens with two attached hydrogens (primary N) is 1. The highest BCUT2D eigenvalue weighted by molar-refractivity contribution is 5.38. The highest BCUT2D eigenvalue weighted by atomic mass is 16.5. The third-order valence-corrected chi connectivity index (χ3v) is 3.10. The third kappa shape index (κ3) is 1.78. The summed E-state index contributed by atoms with van der Waals surface area (Å²) in [5, 5.41) is 0. The number of ether oxygens (including phenoxy) is 1. The molecule has 1 aliphatic heterocycles. The lowest BCUT2D eigenvalue weighted by Crippen LogP contribution is -2.25. The van der Waals surface area contributed by atoms with Crippen molar-refractivity contribution in [3.05, 3.63) is 52.6 Å². The second-order valence-electron chi connectivity index (χ2n) is 4.32. The fourth-order valence-corrected chi connectivity index (χ4v) is 1.90. The van der Waals surface area contributed by atoms with E-state index < -0.39 is 0 Å². The van der Waals surface area contributed by atoms with E-state index in [9.17, 15) is 4.79 Å². The lowest BCUT2D eigenvalue weighted by atomic mass is 10.00. The molecule has 1 fully saturated rings. The Labute approximate surface area is 104 Å². The quantitative estimate of drug-likeness (QED) is 0.851. The minimum absolute atomic E-state index is 0.218. The Hall–Kier alpha value is -2.14. The number of aromatic nitrogens is 2. The zero-order valence-corrected chi connectivity index (χ0v) is 9.74. The summed E-state index contributed by atoms with van der Waals surface area (Å²) in [7, 11) is 0. The van der Waals surface area contributed by atoms with Gasteiger partial charge in [-0.3, -0.25) is 9.36 Å². The standard InChI is InChI=1S/C13H13N3O2/c14-11-2-1-5-16(13(11)17)12-4-3-9(6-15-12)10-7-18-8-10/h1-6,10H,7-8,14H2. The van der Waals surface area contributed by atoms with E-state index in [0.29, 0.717) is 11.7 Å². The Morgan fingerprint density at radius 2 is 2.17 bits per heavy atom. The average Bonchev–Trinajstić information content (AvgIpc) is 2.32. The third-order valence-electron chi connectivity index (χ3n) is 3.10. The molecule has 92 valence electrons. The van der Waals surface area contributed by atoms with Gasteiger partial charge in [-0.2, -0.15) is 0 Å². The summed E-state index contributed by atoms with van der Waals surface area (Å²) in [5.41, 5.74) is 6.70. The van der Waals surface area contributed by atoms with E-state index in [4.69, 9.17) is 10.5 Å². The topological polar surface area (TPSA) is 70.1 Å². The summed E-state index contributed by atoms with van der Waals surface area (Å²) >= 11 is 0. The highest BCUT2D eigenvalue weighted by Crippen LogP contribution is 2.23. The largest absolute Gasteiger partial charge is 0.394 e. The molecule has 2 N–H and O–H groups in total. The number of nitrogens with zero attached hydrogens (tertiary/aromatic N) is 2. The van der Waals surface area contributed by atoms with Crippen molar-refractivity contribution in [2.24, 2.45) is 0 Å². The number of nitrogen functional groups attached to an aromatic ring is 1. The van der Waals surface area contributed by atoms with E-state index in [1.807, 2.05) is 12.1 Å². The van der Waals surface area contributed by atoms with Gasteiger partial charge in [0.25, 0.3) is 5.56 Å². The molecule has 3 rings (SSSR count). The fourth-order valence-electron chi connectivity index (χ4n) is 1.90. The van der Waals surface area contributed by atoms with Crippen molar-refractivity contribution in [3.8, 4) is 5.82 Å². The average molecular weight is 243 g/mol. The van der Waals surface area contributed by atoms with Crippen LogP contribution in [0.15, 0.2) is 41.5 Å². The van der Waals surface area contributed by atoms with Gasteiger partial charge in [0.05, 0.1) is 18.9 Å². The van der Waals surface area contributed by atoms with Gasteiger partial charge in [0.15, 0.2) is 0 Å². The van der Waals surface area contributed by atoms with E-state index in [1.54, 1.807) is 24.5 Å².